The third-order valence-electron chi connectivity index (χ3n) is 4.29. The largest absolute Gasteiger partial charge is 0.457 e. The molecule has 0 bridgehead atoms. The van der Waals surface area contributed by atoms with Crippen molar-refractivity contribution >= 4 is 11.7 Å². The summed E-state index contributed by atoms with van der Waals surface area (Å²) in [6, 6.07) is 13.3. The highest BCUT2D eigenvalue weighted by atomic mass is 16.6. The Morgan fingerprint density at radius 2 is 1.73 bits per heavy atom. The van der Waals surface area contributed by atoms with E-state index >= 15 is 0 Å². The number of hydrogen-bond acceptors (Lipinski definition) is 6. The lowest BCUT2D eigenvalue weighted by Gasteiger charge is -2.27. The van der Waals surface area contributed by atoms with Crippen molar-refractivity contribution in [3.63, 3.8) is 0 Å². The molecule has 3 rings (SSSR count). The van der Waals surface area contributed by atoms with Crippen LogP contribution in [0.15, 0.2) is 48.5 Å². The molecule has 0 unspecified atom stereocenters. The number of rotatable bonds is 6. The average molecular weight is 356 g/mol. The Morgan fingerprint density at radius 1 is 1.08 bits per heavy atom. The topological polar surface area (TPSA) is 81.9 Å². The molecule has 7 heteroatoms. The van der Waals surface area contributed by atoms with Crippen molar-refractivity contribution in [1.82, 2.24) is 4.90 Å². The Hall–Kier alpha value is -2.77. The molecule has 0 N–H and O–H groups in total. The van der Waals surface area contributed by atoms with Crippen LogP contribution in [-0.2, 0) is 22.6 Å². The highest BCUT2D eigenvalue weighted by molar-refractivity contribution is 5.89. The SMILES string of the molecule is O=C(OCc1ccccc1CN1CCOCC1)c1ccc([N+](=O)[O-])cc1. The molecule has 7 nitrogen and oxygen atoms in total. The van der Waals surface area contributed by atoms with Gasteiger partial charge in [0.15, 0.2) is 0 Å². The van der Waals surface area contributed by atoms with Gasteiger partial charge in [0.25, 0.3) is 5.69 Å². The van der Waals surface area contributed by atoms with Crippen LogP contribution in [0, 0.1) is 10.1 Å². The predicted octanol–water partition coefficient (Wildman–Crippen LogP) is 2.78. The summed E-state index contributed by atoms with van der Waals surface area (Å²) >= 11 is 0. The zero-order valence-electron chi connectivity index (χ0n) is 14.3. The van der Waals surface area contributed by atoms with Crippen molar-refractivity contribution in [2.45, 2.75) is 13.2 Å². The van der Waals surface area contributed by atoms with E-state index in [9.17, 15) is 14.9 Å². The number of morpholine rings is 1. The molecule has 1 heterocycles. The van der Waals surface area contributed by atoms with Crippen LogP contribution in [-0.4, -0.2) is 42.1 Å². The second kappa shape index (κ2) is 8.55. The standard InChI is InChI=1S/C19H20N2O5/c22-19(15-5-7-18(8-6-15)21(23)24)26-14-17-4-2-1-3-16(17)13-20-9-11-25-12-10-20/h1-8H,9-14H2. The zero-order chi connectivity index (χ0) is 18.4. The quantitative estimate of drug-likeness (QED) is 0.450. The number of ether oxygens (including phenoxy) is 2. The van der Waals surface area contributed by atoms with Gasteiger partial charge in [-0.05, 0) is 23.3 Å². The number of esters is 1. The molecular weight excluding hydrogens is 336 g/mol. The molecule has 26 heavy (non-hydrogen) atoms. The molecular formula is C19H20N2O5. The number of carbonyl (C=O) groups excluding carboxylic acids is 1. The summed E-state index contributed by atoms with van der Waals surface area (Å²) < 4.78 is 10.8. The van der Waals surface area contributed by atoms with Crippen LogP contribution in [0.2, 0.25) is 0 Å². The van der Waals surface area contributed by atoms with E-state index in [-0.39, 0.29) is 12.3 Å². The summed E-state index contributed by atoms with van der Waals surface area (Å²) in [5, 5.41) is 10.7. The summed E-state index contributed by atoms with van der Waals surface area (Å²) in [4.78, 5) is 24.7. The fourth-order valence-corrected chi connectivity index (χ4v) is 2.80. The molecule has 1 saturated heterocycles. The first kappa shape index (κ1) is 18.0. The van der Waals surface area contributed by atoms with Crippen LogP contribution >= 0.6 is 0 Å². The first-order chi connectivity index (χ1) is 12.6. The van der Waals surface area contributed by atoms with Gasteiger partial charge in [0.1, 0.15) is 6.61 Å². The van der Waals surface area contributed by atoms with Crippen LogP contribution in [0.25, 0.3) is 0 Å². The highest BCUT2D eigenvalue weighted by Crippen LogP contribution is 2.16. The highest BCUT2D eigenvalue weighted by Gasteiger charge is 2.14. The van der Waals surface area contributed by atoms with Crippen molar-refractivity contribution in [1.29, 1.82) is 0 Å². The Labute approximate surface area is 151 Å². The summed E-state index contributed by atoms with van der Waals surface area (Å²) in [6.45, 7) is 4.19. The number of nitro groups is 1. The van der Waals surface area contributed by atoms with Crippen molar-refractivity contribution in [3.8, 4) is 0 Å². The van der Waals surface area contributed by atoms with Crippen molar-refractivity contribution in [3.05, 3.63) is 75.3 Å². The fourth-order valence-electron chi connectivity index (χ4n) is 2.80. The molecule has 0 aromatic heterocycles. The summed E-state index contributed by atoms with van der Waals surface area (Å²) in [7, 11) is 0. The van der Waals surface area contributed by atoms with E-state index in [1.54, 1.807) is 0 Å². The van der Waals surface area contributed by atoms with Gasteiger partial charge in [0.05, 0.1) is 23.7 Å². The first-order valence-corrected chi connectivity index (χ1v) is 8.42. The number of benzene rings is 2. The minimum Gasteiger partial charge on any atom is -0.457 e. The molecule has 136 valence electrons. The van der Waals surface area contributed by atoms with Crippen molar-refractivity contribution in [2.24, 2.45) is 0 Å². The molecule has 0 radical (unpaired) electrons. The maximum Gasteiger partial charge on any atom is 0.338 e. The maximum absolute atomic E-state index is 12.2. The number of hydrogen-bond donors (Lipinski definition) is 0. The lowest BCUT2D eigenvalue weighted by atomic mass is 10.1. The molecule has 0 saturated carbocycles. The smallest absolute Gasteiger partial charge is 0.338 e. The van der Waals surface area contributed by atoms with Gasteiger partial charge < -0.3 is 9.47 Å². The van der Waals surface area contributed by atoms with E-state index < -0.39 is 10.9 Å². The average Bonchev–Trinajstić information content (AvgIpc) is 2.68. The Morgan fingerprint density at radius 3 is 2.38 bits per heavy atom. The van der Waals surface area contributed by atoms with Gasteiger partial charge in [0, 0.05) is 31.8 Å². The van der Waals surface area contributed by atoms with E-state index in [2.05, 4.69) is 4.90 Å². The van der Waals surface area contributed by atoms with E-state index in [1.165, 1.54) is 24.3 Å². The second-order valence-corrected chi connectivity index (χ2v) is 6.04. The third kappa shape index (κ3) is 4.65. The minimum absolute atomic E-state index is 0.0580. The van der Waals surface area contributed by atoms with Crippen LogP contribution in [0.1, 0.15) is 21.5 Å². The van der Waals surface area contributed by atoms with E-state index in [0.29, 0.717) is 5.56 Å². The normalized spacial score (nSPS) is 14.8. The number of carbonyl (C=O) groups is 1. The van der Waals surface area contributed by atoms with Gasteiger partial charge in [-0.2, -0.15) is 0 Å². The molecule has 0 aliphatic carbocycles. The molecule has 1 aliphatic heterocycles. The maximum atomic E-state index is 12.2. The van der Waals surface area contributed by atoms with Crippen molar-refractivity contribution in [2.75, 3.05) is 26.3 Å². The molecule has 0 atom stereocenters. The number of nitrogens with zero attached hydrogens (tertiary/aromatic N) is 2. The molecule has 0 amide bonds. The summed E-state index contributed by atoms with van der Waals surface area (Å²) in [6.07, 6.45) is 0. The van der Waals surface area contributed by atoms with E-state index in [4.69, 9.17) is 9.47 Å². The van der Waals surface area contributed by atoms with Gasteiger partial charge >= 0.3 is 5.97 Å². The molecule has 1 fully saturated rings. The Bertz CT molecular complexity index is 770. The molecule has 2 aromatic rings. The molecule has 2 aromatic carbocycles. The number of nitro benzene ring substituents is 1. The van der Waals surface area contributed by atoms with Gasteiger partial charge in [0.2, 0.25) is 0 Å². The monoisotopic (exact) mass is 356 g/mol. The van der Waals surface area contributed by atoms with Crippen LogP contribution in [0.4, 0.5) is 5.69 Å². The van der Waals surface area contributed by atoms with E-state index in [1.807, 2.05) is 24.3 Å². The Kier molecular flexibility index (Phi) is 5.93. The molecule has 0 spiro atoms. The number of non-ortho nitro benzene ring substituents is 1. The van der Waals surface area contributed by atoms with Gasteiger partial charge in [-0.3, -0.25) is 15.0 Å². The van der Waals surface area contributed by atoms with Gasteiger partial charge in [-0.1, -0.05) is 24.3 Å². The summed E-state index contributed by atoms with van der Waals surface area (Å²) in [5.74, 6) is -0.499. The Balaban J connectivity index is 1.61. The minimum atomic E-state index is -0.503. The third-order valence-corrected chi connectivity index (χ3v) is 4.29. The fraction of sp³-hybridized carbons (Fsp3) is 0.316. The second-order valence-electron chi connectivity index (χ2n) is 6.04. The van der Waals surface area contributed by atoms with Crippen molar-refractivity contribution < 1.29 is 19.2 Å². The summed E-state index contributed by atoms with van der Waals surface area (Å²) in [5.41, 5.74) is 2.30. The predicted molar refractivity (Wildman–Crippen MR) is 94.8 cm³/mol. The van der Waals surface area contributed by atoms with Crippen LogP contribution < -0.4 is 0 Å². The van der Waals surface area contributed by atoms with Crippen LogP contribution in [0.3, 0.4) is 0 Å². The lowest BCUT2D eigenvalue weighted by molar-refractivity contribution is -0.384. The van der Waals surface area contributed by atoms with Gasteiger partial charge in [-0.15, -0.1) is 0 Å². The van der Waals surface area contributed by atoms with Crippen LogP contribution in [0.5, 0.6) is 0 Å². The van der Waals surface area contributed by atoms with E-state index in [0.717, 1.165) is 44.0 Å². The lowest BCUT2D eigenvalue weighted by Crippen LogP contribution is -2.35. The van der Waals surface area contributed by atoms with Gasteiger partial charge in [-0.25, -0.2) is 4.79 Å². The first-order valence-electron chi connectivity index (χ1n) is 8.42. The zero-order valence-corrected chi connectivity index (χ0v) is 14.3. The molecule has 1 aliphatic rings.